The average molecular weight is 313 g/mol. The van der Waals surface area contributed by atoms with Crippen LogP contribution in [-0.4, -0.2) is 10.1 Å². The van der Waals surface area contributed by atoms with Crippen molar-refractivity contribution in [2.45, 2.75) is 36.6 Å². The number of aliphatic hydroxyl groups excluding tert-OH is 1. The van der Waals surface area contributed by atoms with Crippen LogP contribution in [0, 0.1) is 13.8 Å². The van der Waals surface area contributed by atoms with Gasteiger partial charge in [0.2, 0.25) is 0 Å². The van der Waals surface area contributed by atoms with Gasteiger partial charge in [0.25, 0.3) is 0 Å². The minimum atomic E-state index is -4.48. The maximum Gasteiger partial charge on any atom is 0.416 e. The first kappa shape index (κ1) is 15.9. The number of benzene rings is 1. The molecule has 1 aromatic heterocycles. The van der Waals surface area contributed by atoms with Gasteiger partial charge in [-0.1, -0.05) is 17.8 Å². The van der Waals surface area contributed by atoms with Crippen LogP contribution in [0.4, 0.5) is 13.2 Å². The minimum Gasteiger partial charge on any atom is -0.392 e. The zero-order valence-electron chi connectivity index (χ0n) is 11.5. The summed E-state index contributed by atoms with van der Waals surface area (Å²) >= 11 is 1.17. The Hall–Kier alpha value is -1.53. The van der Waals surface area contributed by atoms with Crippen molar-refractivity contribution in [1.29, 1.82) is 0 Å². The summed E-state index contributed by atoms with van der Waals surface area (Å²) in [5.74, 6) is 0. The Morgan fingerprint density at radius 3 is 2.43 bits per heavy atom. The third kappa shape index (κ3) is 3.98. The molecule has 0 fully saturated rings. The monoisotopic (exact) mass is 313 g/mol. The summed E-state index contributed by atoms with van der Waals surface area (Å²) in [5, 5.41) is 9.67. The number of aromatic nitrogens is 1. The molecule has 0 amide bonds. The summed E-state index contributed by atoms with van der Waals surface area (Å²) < 4.78 is 38.8. The lowest BCUT2D eigenvalue weighted by Gasteiger charge is -2.13. The van der Waals surface area contributed by atoms with Crippen LogP contribution in [0.15, 0.2) is 40.3 Å². The van der Waals surface area contributed by atoms with Crippen LogP contribution in [0.2, 0.25) is 0 Å². The van der Waals surface area contributed by atoms with E-state index in [1.165, 1.54) is 17.8 Å². The van der Waals surface area contributed by atoms with Gasteiger partial charge in [0.1, 0.15) is 5.03 Å². The standard InChI is InChI=1S/C15H14F3NOS/c1-9-5-10(2)19-14(6-9)21-12-4-3-11(8-20)13(7-12)15(16,17)18/h3-7,20H,8H2,1-2H3. The first-order chi connectivity index (χ1) is 9.79. The molecule has 0 unspecified atom stereocenters. The van der Waals surface area contributed by atoms with Gasteiger partial charge in [-0.25, -0.2) is 4.98 Å². The number of pyridine rings is 1. The molecule has 0 spiro atoms. The van der Waals surface area contributed by atoms with Crippen LogP contribution >= 0.6 is 11.8 Å². The molecule has 0 radical (unpaired) electrons. The van der Waals surface area contributed by atoms with Crippen LogP contribution in [0.5, 0.6) is 0 Å². The van der Waals surface area contributed by atoms with E-state index in [1.807, 2.05) is 26.0 Å². The van der Waals surface area contributed by atoms with E-state index in [2.05, 4.69) is 4.98 Å². The topological polar surface area (TPSA) is 33.1 Å². The van der Waals surface area contributed by atoms with Gasteiger partial charge in [-0.15, -0.1) is 0 Å². The summed E-state index contributed by atoms with van der Waals surface area (Å²) in [6, 6.07) is 7.64. The number of halogens is 3. The molecule has 0 saturated carbocycles. The van der Waals surface area contributed by atoms with Gasteiger partial charge >= 0.3 is 6.18 Å². The Morgan fingerprint density at radius 2 is 1.86 bits per heavy atom. The zero-order valence-corrected chi connectivity index (χ0v) is 12.3. The third-order valence-electron chi connectivity index (χ3n) is 2.85. The van der Waals surface area contributed by atoms with Crippen LogP contribution in [0.3, 0.4) is 0 Å². The van der Waals surface area contributed by atoms with E-state index in [9.17, 15) is 13.2 Å². The highest BCUT2D eigenvalue weighted by Gasteiger charge is 2.33. The summed E-state index contributed by atoms with van der Waals surface area (Å²) in [4.78, 5) is 4.74. The number of hydrogen-bond donors (Lipinski definition) is 1. The third-order valence-corrected chi connectivity index (χ3v) is 3.76. The molecule has 1 N–H and O–H groups in total. The second-order valence-corrected chi connectivity index (χ2v) is 5.79. The van der Waals surface area contributed by atoms with Crippen LogP contribution < -0.4 is 0 Å². The second-order valence-electron chi connectivity index (χ2n) is 4.70. The molecule has 0 bridgehead atoms. The summed E-state index contributed by atoms with van der Waals surface area (Å²) in [5.41, 5.74) is 0.896. The first-order valence-electron chi connectivity index (χ1n) is 6.23. The van der Waals surface area contributed by atoms with Gasteiger partial charge < -0.3 is 5.11 Å². The highest BCUT2D eigenvalue weighted by Crippen LogP contribution is 2.36. The maximum absolute atomic E-state index is 12.9. The fourth-order valence-corrected chi connectivity index (χ4v) is 2.99. The molecule has 0 atom stereocenters. The van der Waals surface area contributed by atoms with E-state index in [1.54, 1.807) is 6.07 Å². The number of nitrogens with zero attached hydrogens (tertiary/aromatic N) is 1. The Balaban J connectivity index is 2.37. The normalized spacial score (nSPS) is 11.7. The lowest BCUT2D eigenvalue weighted by Crippen LogP contribution is -2.09. The van der Waals surface area contributed by atoms with Crippen molar-refractivity contribution in [1.82, 2.24) is 4.98 Å². The molecule has 112 valence electrons. The van der Waals surface area contributed by atoms with Crippen LogP contribution in [0.25, 0.3) is 0 Å². The fourth-order valence-electron chi connectivity index (χ4n) is 2.00. The average Bonchev–Trinajstić information content (AvgIpc) is 2.36. The van der Waals surface area contributed by atoms with Crippen molar-refractivity contribution < 1.29 is 18.3 Å². The molecular weight excluding hydrogens is 299 g/mol. The summed E-state index contributed by atoms with van der Waals surface area (Å²) in [6.07, 6.45) is -4.48. The van der Waals surface area contributed by atoms with E-state index >= 15 is 0 Å². The molecular formula is C15H14F3NOS. The van der Waals surface area contributed by atoms with E-state index < -0.39 is 18.3 Å². The molecule has 2 rings (SSSR count). The van der Waals surface area contributed by atoms with E-state index in [4.69, 9.17) is 5.11 Å². The number of aliphatic hydroxyl groups is 1. The fraction of sp³-hybridized carbons (Fsp3) is 0.267. The highest BCUT2D eigenvalue weighted by molar-refractivity contribution is 7.99. The van der Waals surface area contributed by atoms with Gasteiger partial charge in [0.05, 0.1) is 12.2 Å². The minimum absolute atomic E-state index is 0.125. The Kier molecular flexibility index (Phi) is 4.58. The molecule has 1 aromatic carbocycles. The van der Waals surface area contributed by atoms with Crippen molar-refractivity contribution in [2.24, 2.45) is 0 Å². The van der Waals surface area contributed by atoms with Crippen molar-refractivity contribution in [3.05, 3.63) is 52.7 Å². The lowest BCUT2D eigenvalue weighted by atomic mass is 10.1. The molecule has 0 aliphatic heterocycles. The Labute approximate surface area is 125 Å². The SMILES string of the molecule is Cc1cc(C)nc(Sc2ccc(CO)c(C(F)(F)F)c2)c1. The van der Waals surface area contributed by atoms with Gasteiger partial charge in [-0.05, 0) is 49.2 Å². The molecule has 0 aliphatic carbocycles. The van der Waals surface area contributed by atoms with Crippen molar-refractivity contribution >= 4 is 11.8 Å². The summed E-state index contributed by atoms with van der Waals surface area (Å²) in [6.45, 7) is 3.11. The maximum atomic E-state index is 12.9. The molecule has 6 heteroatoms. The number of hydrogen-bond acceptors (Lipinski definition) is 3. The van der Waals surface area contributed by atoms with Gasteiger partial charge in [-0.2, -0.15) is 13.2 Å². The van der Waals surface area contributed by atoms with E-state index in [0.29, 0.717) is 9.92 Å². The number of alkyl halides is 3. The summed E-state index contributed by atoms with van der Waals surface area (Å²) in [7, 11) is 0. The lowest BCUT2D eigenvalue weighted by molar-refractivity contribution is -0.138. The highest BCUT2D eigenvalue weighted by atomic mass is 32.2. The van der Waals surface area contributed by atoms with Crippen molar-refractivity contribution in [3.8, 4) is 0 Å². The molecule has 0 saturated heterocycles. The molecule has 21 heavy (non-hydrogen) atoms. The largest absolute Gasteiger partial charge is 0.416 e. The molecule has 1 heterocycles. The second kappa shape index (κ2) is 6.07. The van der Waals surface area contributed by atoms with Gasteiger partial charge in [0, 0.05) is 10.6 Å². The predicted octanol–water partition coefficient (Wildman–Crippen LogP) is 4.36. The quantitative estimate of drug-likeness (QED) is 0.914. The first-order valence-corrected chi connectivity index (χ1v) is 7.05. The Morgan fingerprint density at radius 1 is 1.14 bits per heavy atom. The van der Waals surface area contributed by atoms with E-state index in [0.717, 1.165) is 17.3 Å². The van der Waals surface area contributed by atoms with Crippen LogP contribution in [-0.2, 0) is 12.8 Å². The molecule has 0 aliphatic rings. The van der Waals surface area contributed by atoms with E-state index in [-0.39, 0.29) is 5.56 Å². The predicted molar refractivity (Wildman–Crippen MR) is 75.2 cm³/mol. The number of rotatable bonds is 3. The smallest absolute Gasteiger partial charge is 0.392 e. The van der Waals surface area contributed by atoms with Gasteiger partial charge in [0.15, 0.2) is 0 Å². The van der Waals surface area contributed by atoms with Crippen molar-refractivity contribution in [3.63, 3.8) is 0 Å². The molecule has 2 aromatic rings. The molecule has 2 nitrogen and oxygen atoms in total. The zero-order chi connectivity index (χ0) is 15.6. The van der Waals surface area contributed by atoms with Crippen molar-refractivity contribution in [2.75, 3.05) is 0 Å². The Bertz CT molecular complexity index is 636. The number of aryl methyl sites for hydroxylation is 2. The van der Waals surface area contributed by atoms with Crippen LogP contribution in [0.1, 0.15) is 22.4 Å². The van der Waals surface area contributed by atoms with Gasteiger partial charge in [-0.3, -0.25) is 0 Å².